The highest BCUT2D eigenvalue weighted by molar-refractivity contribution is 6.05. The van der Waals surface area contributed by atoms with Gasteiger partial charge in [0.2, 0.25) is 0 Å². The van der Waals surface area contributed by atoms with Crippen LogP contribution in [0.5, 0.6) is 0 Å². The van der Waals surface area contributed by atoms with Gasteiger partial charge in [-0.1, -0.05) is 24.3 Å². The standard InChI is InChI=1S/C19H17NO3/c1-11-7-8-15(9-13(11)3)20-18(21)16-10-14-6-4-5-12(2)17(14)23-19(16)22/h4-10H,1-3H3,(H,20,21). The zero-order chi connectivity index (χ0) is 16.6. The summed E-state index contributed by atoms with van der Waals surface area (Å²) >= 11 is 0. The monoisotopic (exact) mass is 307 g/mol. The van der Waals surface area contributed by atoms with E-state index in [2.05, 4.69) is 5.32 Å². The van der Waals surface area contributed by atoms with Gasteiger partial charge >= 0.3 is 5.63 Å². The van der Waals surface area contributed by atoms with E-state index in [4.69, 9.17) is 4.42 Å². The van der Waals surface area contributed by atoms with Crippen molar-refractivity contribution < 1.29 is 9.21 Å². The van der Waals surface area contributed by atoms with E-state index in [1.165, 1.54) is 0 Å². The first-order chi connectivity index (χ1) is 11.0. The molecule has 0 aliphatic rings. The van der Waals surface area contributed by atoms with E-state index in [9.17, 15) is 9.59 Å². The van der Waals surface area contributed by atoms with Crippen molar-refractivity contribution in [2.24, 2.45) is 0 Å². The minimum absolute atomic E-state index is 0.00123. The Morgan fingerprint density at radius 3 is 2.48 bits per heavy atom. The number of anilines is 1. The first-order valence-electron chi connectivity index (χ1n) is 7.38. The second-order valence-corrected chi connectivity index (χ2v) is 5.69. The Kier molecular flexibility index (Phi) is 3.74. The van der Waals surface area contributed by atoms with Crippen molar-refractivity contribution in [2.75, 3.05) is 5.32 Å². The van der Waals surface area contributed by atoms with E-state index in [0.29, 0.717) is 11.3 Å². The molecule has 0 radical (unpaired) electrons. The fourth-order valence-corrected chi connectivity index (χ4v) is 2.47. The van der Waals surface area contributed by atoms with Gasteiger partial charge in [-0.3, -0.25) is 4.79 Å². The molecule has 0 aliphatic heterocycles. The van der Waals surface area contributed by atoms with Gasteiger partial charge < -0.3 is 9.73 Å². The number of carbonyl (C=O) groups is 1. The van der Waals surface area contributed by atoms with Gasteiger partial charge in [0.1, 0.15) is 11.1 Å². The summed E-state index contributed by atoms with van der Waals surface area (Å²) in [4.78, 5) is 24.5. The molecule has 0 fully saturated rings. The Balaban J connectivity index is 1.99. The maximum absolute atomic E-state index is 12.4. The number of benzene rings is 2. The fourth-order valence-electron chi connectivity index (χ4n) is 2.47. The van der Waals surface area contributed by atoms with Crippen LogP contribution in [0.3, 0.4) is 0 Å². The largest absolute Gasteiger partial charge is 0.422 e. The fraction of sp³-hybridized carbons (Fsp3) is 0.158. The lowest BCUT2D eigenvalue weighted by Crippen LogP contribution is -2.20. The molecule has 1 amide bonds. The summed E-state index contributed by atoms with van der Waals surface area (Å²) in [5, 5.41) is 3.48. The van der Waals surface area contributed by atoms with Crippen molar-refractivity contribution in [2.45, 2.75) is 20.8 Å². The predicted octanol–water partition coefficient (Wildman–Crippen LogP) is 3.97. The molecule has 3 aromatic rings. The zero-order valence-electron chi connectivity index (χ0n) is 13.3. The number of carbonyl (C=O) groups excluding carboxylic acids is 1. The van der Waals surface area contributed by atoms with E-state index >= 15 is 0 Å². The lowest BCUT2D eigenvalue weighted by atomic mass is 10.1. The quantitative estimate of drug-likeness (QED) is 0.729. The second kappa shape index (κ2) is 5.72. The smallest absolute Gasteiger partial charge is 0.349 e. The molecule has 3 rings (SSSR count). The average Bonchev–Trinajstić information content (AvgIpc) is 2.51. The molecule has 0 aliphatic carbocycles. The second-order valence-electron chi connectivity index (χ2n) is 5.69. The van der Waals surface area contributed by atoms with E-state index in [0.717, 1.165) is 22.1 Å². The highest BCUT2D eigenvalue weighted by atomic mass is 16.4. The molecule has 2 aromatic carbocycles. The molecule has 0 atom stereocenters. The maximum atomic E-state index is 12.4. The third kappa shape index (κ3) is 2.88. The Morgan fingerprint density at radius 2 is 1.74 bits per heavy atom. The molecule has 0 spiro atoms. The Hall–Kier alpha value is -2.88. The van der Waals surface area contributed by atoms with Crippen LogP contribution in [0.15, 0.2) is 51.7 Å². The normalized spacial score (nSPS) is 10.7. The lowest BCUT2D eigenvalue weighted by molar-refractivity contribution is 0.102. The van der Waals surface area contributed by atoms with Gasteiger partial charge in [-0.2, -0.15) is 0 Å². The highest BCUT2D eigenvalue weighted by Crippen LogP contribution is 2.19. The van der Waals surface area contributed by atoms with Crippen molar-refractivity contribution in [1.29, 1.82) is 0 Å². The summed E-state index contributed by atoms with van der Waals surface area (Å²) < 4.78 is 5.31. The van der Waals surface area contributed by atoms with Crippen molar-refractivity contribution in [3.05, 3.63) is 75.1 Å². The highest BCUT2D eigenvalue weighted by Gasteiger charge is 2.14. The van der Waals surface area contributed by atoms with Gasteiger partial charge in [0, 0.05) is 11.1 Å². The number of hydrogen-bond donors (Lipinski definition) is 1. The van der Waals surface area contributed by atoms with Crippen LogP contribution in [0.2, 0.25) is 0 Å². The molecule has 4 heteroatoms. The number of fused-ring (bicyclic) bond motifs is 1. The summed E-state index contributed by atoms with van der Waals surface area (Å²) in [6.07, 6.45) is 0. The molecule has 1 N–H and O–H groups in total. The molecular weight excluding hydrogens is 290 g/mol. The van der Waals surface area contributed by atoms with Crippen molar-refractivity contribution in [3.8, 4) is 0 Å². The Morgan fingerprint density at radius 1 is 0.957 bits per heavy atom. The number of aryl methyl sites for hydroxylation is 3. The minimum Gasteiger partial charge on any atom is -0.422 e. The van der Waals surface area contributed by atoms with Crippen LogP contribution in [0, 0.1) is 20.8 Å². The average molecular weight is 307 g/mol. The number of nitrogens with one attached hydrogen (secondary N) is 1. The van der Waals surface area contributed by atoms with Crippen LogP contribution < -0.4 is 10.9 Å². The van der Waals surface area contributed by atoms with Crippen molar-refractivity contribution in [3.63, 3.8) is 0 Å². The van der Waals surface area contributed by atoms with E-state index < -0.39 is 11.5 Å². The number of rotatable bonds is 2. The summed E-state index contributed by atoms with van der Waals surface area (Å²) in [6, 6.07) is 12.7. The van der Waals surface area contributed by atoms with Crippen LogP contribution in [-0.2, 0) is 0 Å². The van der Waals surface area contributed by atoms with E-state index in [-0.39, 0.29) is 5.56 Å². The van der Waals surface area contributed by atoms with Crippen LogP contribution in [0.1, 0.15) is 27.0 Å². The Labute approximate surface area is 133 Å². The first-order valence-corrected chi connectivity index (χ1v) is 7.38. The van der Waals surface area contributed by atoms with Gasteiger partial charge in [-0.05, 0) is 55.7 Å². The molecule has 1 heterocycles. The number of amides is 1. The summed E-state index contributed by atoms with van der Waals surface area (Å²) in [6.45, 7) is 5.83. The van der Waals surface area contributed by atoms with Gasteiger partial charge in [-0.25, -0.2) is 4.79 Å². The van der Waals surface area contributed by atoms with Gasteiger partial charge in [0.15, 0.2) is 0 Å². The molecule has 116 valence electrons. The van der Waals surface area contributed by atoms with Crippen LogP contribution in [-0.4, -0.2) is 5.91 Å². The SMILES string of the molecule is Cc1ccc(NC(=O)c2cc3cccc(C)c3oc2=O)cc1C. The maximum Gasteiger partial charge on any atom is 0.349 e. The summed E-state index contributed by atoms with van der Waals surface area (Å²) in [5.41, 5.74) is 3.62. The number of hydrogen-bond acceptors (Lipinski definition) is 3. The molecule has 0 saturated carbocycles. The molecule has 4 nitrogen and oxygen atoms in total. The lowest BCUT2D eigenvalue weighted by Gasteiger charge is -2.08. The third-order valence-corrected chi connectivity index (χ3v) is 3.97. The zero-order valence-corrected chi connectivity index (χ0v) is 13.3. The molecule has 0 bridgehead atoms. The van der Waals surface area contributed by atoms with Gasteiger partial charge in [0.25, 0.3) is 5.91 Å². The van der Waals surface area contributed by atoms with Crippen LogP contribution >= 0.6 is 0 Å². The first kappa shape index (κ1) is 15.0. The Bertz CT molecular complexity index is 970. The topological polar surface area (TPSA) is 59.3 Å². The summed E-state index contributed by atoms with van der Waals surface area (Å²) in [7, 11) is 0. The van der Waals surface area contributed by atoms with E-state index in [1.807, 2.05) is 57.2 Å². The molecule has 0 saturated heterocycles. The number of para-hydroxylation sites is 1. The predicted molar refractivity (Wildman–Crippen MR) is 91.1 cm³/mol. The molecule has 1 aromatic heterocycles. The van der Waals surface area contributed by atoms with Crippen molar-refractivity contribution in [1.82, 2.24) is 0 Å². The minimum atomic E-state index is -0.631. The van der Waals surface area contributed by atoms with E-state index in [1.54, 1.807) is 6.07 Å². The molecular formula is C19H17NO3. The van der Waals surface area contributed by atoms with Crippen LogP contribution in [0.25, 0.3) is 11.0 Å². The third-order valence-electron chi connectivity index (χ3n) is 3.97. The van der Waals surface area contributed by atoms with Crippen LogP contribution in [0.4, 0.5) is 5.69 Å². The molecule has 23 heavy (non-hydrogen) atoms. The molecule has 0 unspecified atom stereocenters. The summed E-state index contributed by atoms with van der Waals surface area (Å²) in [5.74, 6) is -0.467. The van der Waals surface area contributed by atoms with Gasteiger partial charge in [0.05, 0.1) is 0 Å². The van der Waals surface area contributed by atoms with Crippen molar-refractivity contribution >= 4 is 22.6 Å². The van der Waals surface area contributed by atoms with Gasteiger partial charge in [-0.15, -0.1) is 0 Å².